The van der Waals surface area contributed by atoms with E-state index in [9.17, 15) is 28.8 Å². The van der Waals surface area contributed by atoms with E-state index in [1.165, 1.54) is 19.8 Å². The highest BCUT2D eigenvalue weighted by molar-refractivity contribution is 6.37. The Hall–Kier alpha value is -3.18. The Morgan fingerprint density at radius 1 is 0.977 bits per heavy atom. The average Bonchev–Trinajstić information content (AvgIpc) is 3.90. The maximum absolute atomic E-state index is 13.2. The number of carbonyl (C=O) groups is 6. The van der Waals surface area contributed by atoms with Gasteiger partial charge in [0.15, 0.2) is 0 Å². The van der Waals surface area contributed by atoms with Crippen molar-refractivity contribution in [3.8, 4) is 0 Å². The number of hydrogen-bond donors (Lipinski definition) is 4. The number of nitrogens with zero attached hydrogens (tertiary/aromatic N) is 1. The molecule has 5 N–H and O–H groups in total. The molecule has 3 aliphatic rings. The standard InChI is InChI=1S/C23H41N3O4.C5H8N2O3.C4H8/c1-7-17(8-2)18(21(28)30-14-16-11-12-16)24-22(29)25-19(23(4,5)6)20(27)26-13-9-10-15(26)3;1-3(7-2-8)4(9)5(6)10;1-4-2-3-4/h15-19H,7-14H2,1-6H3,(H2,24,25,29);2-3H,1H3,(H2,6,10)(H,7,8);4H,2-3H2,1H3. The Morgan fingerprint density at radius 2 is 1.55 bits per heavy atom. The zero-order chi connectivity index (χ0) is 33.6. The number of nitrogens with one attached hydrogen (secondary N) is 3. The first kappa shape index (κ1) is 38.8. The first-order valence-corrected chi connectivity index (χ1v) is 16.1. The molecule has 4 atom stereocenters. The number of hydrogen-bond acceptors (Lipinski definition) is 7. The first-order valence-electron chi connectivity index (χ1n) is 16.1. The Labute approximate surface area is 263 Å². The minimum absolute atomic E-state index is 0.00940. The molecule has 12 heteroatoms. The lowest BCUT2D eigenvalue weighted by atomic mass is 9.85. The molecule has 3 fully saturated rings. The van der Waals surface area contributed by atoms with Gasteiger partial charge in [0, 0.05) is 12.6 Å². The minimum atomic E-state index is -1.04. The monoisotopic (exact) mass is 623 g/mol. The van der Waals surface area contributed by atoms with Crippen LogP contribution in [0.1, 0.15) is 107 Å². The van der Waals surface area contributed by atoms with Gasteiger partial charge in [0.25, 0.3) is 5.91 Å². The van der Waals surface area contributed by atoms with Crippen molar-refractivity contribution in [2.45, 2.75) is 131 Å². The van der Waals surface area contributed by atoms with Gasteiger partial charge in [0.1, 0.15) is 12.1 Å². The second kappa shape index (κ2) is 18.6. The van der Waals surface area contributed by atoms with Crippen molar-refractivity contribution < 1.29 is 33.5 Å². The topological polar surface area (TPSA) is 177 Å². The van der Waals surface area contributed by atoms with Gasteiger partial charge in [-0.15, -0.1) is 0 Å². The quantitative estimate of drug-likeness (QED) is 0.138. The highest BCUT2D eigenvalue weighted by atomic mass is 16.5. The van der Waals surface area contributed by atoms with E-state index in [0.717, 1.165) is 51.0 Å². The van der Waals surface area contributed by atoms with Crippen LogP contribution in [0.5, 0.6) is 0 Å². The highest BCUT2D eigenvalue weighted by Crippen LogP contribution is 2.29. The Balaban J connectivity index is 0.000000567. The number of amides is 5. The van der Waals surface area contributed by atoms with Crippen LogP contribution in [0, 0.1) is 23.2 Å². The zero-order valence-corrected chi connectivity index (χ0v) is 28.1. The van der Waals surface area contributed by atoms with E-state index in [2.05, 4.69) is 28.6 Å². The van der Waals surface area contributed by atoms with Crippen LogP contribution in [-0.2, 0) is 28.7 Å². The Morgan fingerprint density at radius 3 is 1.93 bits per heavy atom. The molecule has 2 aliphatic carbocycles. The summed E-state index contributed by atoms with van der Waals surface area (Å²) < 4.78 is 5.47. The molecule has 12 nitrogen and oxygen atoms in total. The molecule has 2 saturated carbocycles. The van der Waals surface area contributed by atoms with Gasteiger partial charge in [0.05, 0.1) is 12.6 Å². The number of nitrogens with two attached hydrogens (primary N) is 1. The lowest BCUT2D eigenvalue weighted by molar-refractivity contribution is -0.148. The van der Waals surface area contributed by atoms with E-state index >= 15 is 0 Å². The van der Waals surface area contributed by atoms with Crippen molar-refractivity contribution in [2.75, 3.05) is 13.2 Å². The third kappa shape index (κ3) is 14.1. The molecule has 0 aromatic heterocycles. The van der Waals surface area contributed by atoms with Crippen LogP contribution in [0.15, 0.2) is 0 Å². The van der Waals surface area contributed by atoms with Crippen LogP contribution in [0.3, 0.4) is 0 Å². The van der Waals surface area contributed by atoms with E-state index < -0.39 is 41.3 Å². The van der Waals surface area contributed by atoms with Crippen molar-refractivity contribution in [3.05, 3.63) is 0 Å². The van der Waals surface area contributed by atoms with Gasteiger partial charge in [-0.1, -0.05) is 67.2 Å². The largest absolute Gasteiger partial charge is 0.464 e. The second-order valence-electron chi connectivity index (χ2n) is 13.5. The van der Waals surface area contributed by atoms with Crippen LogP contribution in [0.2, 0.25) is 0 Å². The van der Waals surface area contributed by atoms with Crippen LogP contribution in [0.4, 0.5) is 4.79 Å². The van der Waals surface area contributed by atoms with Crippen molar-refractivity contribution >= 4 is 36.0 Å². The van der Waals surface area contributed by atoms with Gasteiger partial charge in [-0.05, 0) is 62.7 Å². The predicted molar refractivity (Wildman–Crippen MR) is 168 cm³/mol. The Bertz CT molecular complexity index is 971. The highest BCUT2D eigenvalue weighted by Gasteiger charge is 2.39. The minimum Gasteiger partial charge on any atom is -0.464 e. The number of primary amides is 1. The lowest BCUT2D eigenvalue weighted by Crippen LogP contribution is -2.59. The predicted octanol–water partition coefficient (Wildman–Crippen LogP) is 3.06. The summed E-state index contributed by atoms with van der Waals surface area (Å²) in [5.74, 6) is -0.732. The summed E-state index contributed by atoms with van der Waals surface area (Å²) in [6.45, 7) is 16.7. The second-order valence-corrected chi connectivity index (χ2v) is 13.5. The third-order valence-corrected chi connectivity index (χ3v) is 8.26. The number of carbonyl (C=O) groups excluding carboxylic acids is 6. The smallest absolute Gasteiger partial charge is 0.328 e. The lowest BCUT2D eigenvalue weighted by Gasteiger charge is -2.35. The Kier molecular flexibility index (Phi) is 16.4. The van der Waals surface area contributed by atoms with Gasteiger partial charge in [-0.2, -0.15) is 0 Å². The van der Waals surface area contributed by atoms with Crippen molar-refractivity contribution in [1.82, 2.24) is 20.9 Å². The van der Waals surface area contributed by atoms with Crippen molar-refractivity contribution in [3.63, 3.8) is 0 Å². The van der Waals surface area contributed by atoms with Crippen LogP contribution < -0.4 is 21.7 Å². The van der Waals surface area contributed by atoms with Crippen molar-refractivity contribution in [2.24, 2.45) is 28.9 Å². The molecule has 0 aromatic rings. The number of ketones is 1. The summed E-state index contributed by atoms with van der Waals surface area (Å²) in [6.07, 6.45) is 8.99. The molecule has 1 saturated heterocycles. The molecule has 0 aromatic carbocycles. The molecular weight excluding hydrogens is 566 g/mol. The number of likely N-dealkylation sites (tertiary alicyclic amines) is 1. The van der Waals surface area contributed by atoms with Crippen LogP contribution in [-0.4, -0.2) is 78.2 Å². The van der Waals surface area contributed by atoms with E-state index in [-0.39, 0.29) is 23.8 Å². The fraction of sp³-hybridized carbons (Fsp3) is 0.812. The normalized spacial score (nSPS) is 19.6. The first-order chi connectivity index (χ1) is 20.6. The van der Waals surface area contributed by atoms with E-state index in [1.807, 2.05) is 46.4 Å². The summed E-state index contributed by atoms with van der Waals surface area (Å²) in [4.78, 5) is 71.0. The van der Waals surface area contributed by atoms with Gasteiger partial charge >= 0.3 is 12.0 Å². The van der Waals surface area contributed by atoms with Gasteiger partial charge < -0.3 is 31.3 Å². The summed E-state index contributed by atoms with van der Waals surface area (Å²) in [5.41, 5.74) is 4.17. The molecule has 44 heavy (non-hydrogen) atoms. The summed E-state index contributed by atoms with van der Waals surface area (Å²) in [6, 6.07) is -2.50. The molecule has 252 valence electrons. The van der Waals surface area contributed by atoms with E-state index in [4.69, 9.17) is 4.74 Å². The van der Waals surface area contributed by atoms with Gasteiger partial charge in [0.2, 0.25) is 18.1 Å². The molecule has 0 bridgehead atoms. The molecule has 5 amide bonds. The van der Waals surface area contributed by atoms with Crippen LogP contribution in [0.25, 0.3) is 0 Å². The fourth-order valence-corrected chi connectivity index (χ4v) is 4.65. The molecule has 1 aliphatic heterocycles. The molecule has 4 unspecified atom stereocenters. The molecule has 0 radical (unpaired) electrons. The number of urea groups is 1. The molecule has 0 spiro atoms. The zero-order valence-electron chi connectivity index (χ0n) is 28.1. The summed E-state index contributed by atoms with van der Waals surface area (Å²) in [5, 5.41) is 7.79. The maximum atomic E-state index is 13.2. The number of esters is 1. The average molecular weight is 624 g/mol. The SMILES string of the molecule is CC(NC=O)C(=O)C(N)=O.CC1CC1.CCC(CC)C(NC(=O)NC(C(=O)N1CCCC1C)C(C)(C)C)C(=O)OCC1CC1. The van der Waals surface area contributed by atoms with E-state index in [1.54, 1.807) is 0 Å². The molecular formula is C32H57N5O7. The third-order valence-electron chi connectivity index (χ3n) is 8.26. The molecule has 1 heterocycles. The summed E-state index contributed by atoms with van der Waals surface area (Å²) in [7, 11) is 0. The number of Topliss-reactive ketones (excluding diaryl/α,β-unsaturated/α-hetero) is 1. The van der Waals surface area contributed by atoms with Gasteiger partial charge in [-0.25, -0.2) is 9.59 Å². The van der Waals surface area contributed by atoms with Crippen molar-refractivity contribution in [1.29, 1.82) is 0 Å². The maximum Gasteiger partial charge on any atom is 0.328 e. The fourth-order valence-electron chi connectivity index (χ4n) is 4.65. The van der Waals surface area contributed by atoms with Crippen LogP contribution >= 0.6 is 0 Å². The van der Waals surface area contributed by atoms with E-state index in [0.29, 0.717) is 18.9 Å². The van der Waals surface area contributed by atoms with Gasteiger partial charge in [-0.3, -0.25) is 19.2 Å². The number of rotatable bonds is 13. The number of ether oxygens (including phenoxy) is 1. The molecule has 3 rings (SSSR count). The summed E-state index contributed by atoms with van der Waals surface area (Å²) >= 11 is 0.